The molecule has 1 aliphatic heterocycles. The number of alkyl halides is 5. The summed E-state index contributed by atoms with van der Waals surface area (Å²) in [6, 6.07) is 8.57. The molecular formula is C38H47F5N2O3. The summed E-state index contributed by atoms with van der Waals surface area (Å²) < 4.78 is 71.2. The summed E-state index contributed by atoms with van der Waals surface area (Å²) in [5.41, 5.74) is 0.964. The molecule has 3 unspecified atom stereocenters. The Kier molecular flexibility index (Phi) is 13.0. The van der Waals surface area contributed by atoms with E-state index >= 15 is 0 Å². The third-order valence-corrected chi connectivity index (χ3v) is 9.49. The van der Waals surface area contributed by atoms with Gasteiger partial charge in [0.25, 0.3) is 11.8 Å². The first-order chi connectivity index (χ1) is 22.8. The van der Waals surface area contributed by atoms with Crippen LogP contribution in [0, 0.1) is 18.8 Å². The van der Waals surface area contributed by atoms with Crippen molar-refractivity contribution in [1.29, 1.82) is 0 Å². The number of fused-ring (bicyclic) bond motifs is 1. The summed E-state index contributed by atoms with van der Waals surface area (Å²) in [7, 11) is 0. The quantitative estimate of drug-likeness (QED) is 0.117. The summed E-state index contributed by atoms with van der Waals surface area (Å²) >= 11 is 0. The molecule has 0 aromatic heterocycles. The van der Waals surface area contributed by atoms with Gasteiger partial charge in [0.05, 0.1) is 12.2 Å². The number of nitrogens with one attached hydrogen (secondary N) is 1. The lowest BCUT2D eigenvalue weighted by Gasteiger charge is -2.31. The van der Waals surface area contributed by atoms with E-state index in [-0.39, 0.29) is 36.8 Å². The van der Waals surface area contributed by atoms with E-state index in [4.69, 9.17) is 4.74 Å². The predicted octanol–water partition coefficient (Wildman–Crippen LogP) is 7.44. The standard InChI is InChI=1S/C38H47F5N2O3/c1-4-20-37(39,40)25-48-22-21-44-36(47)33-19-16-29-13-12-26(2)45(24-34(29)27(33)3)23-28-8-5-6-10-30(11-7-9-28)35(46)31-14-17-32(18-15-31)38(41,42)43/h4,13-20,24,26,28,30H,5-12,21-23,25H2,1-3H3,(H,44,47). The largest absolute Gasteiger partial charge is 0.416 e. The zero-order chi connectivity index (χ0) is 34.9. The molecule has 1 heterocycles. The van der Waals surface area contributed by atoms with Crippen molar-refractivity contribution in [3.8, 4) is 0 Å². The van der Waals surface area contributed by atoms with Crippen LogP contribution in [0.25, 0.3) is 12.3 Å². The molecule has 2 aliphatic rings. The average molecular weight is 675 g/mol. The number of ether oxygens (including phenoxy) is 1. The summed E-state index contributed by atoms with van der Waals surface area (Å²) in [6.07, 6.45) is 9.01. The second kappa shape index (κ2) is 16.7. The molecule has 262 valence electrons. The minimum atomic E-state index is -4.43. The number of amides is 1. The number of nitrogens with zero attached hydrogens (tertiary/aromatic N) is 1. The molecule has 48 heavy (non-hydrogen) atoms. The third kappa shape index (κ3) is 10.2. The van der Waals surface area contributed by atoms with Crippen LogP contribution < -0.4 is 15.8 Å². The number of Topliss-reactive ketones (excluding diaryl/α,β-unsaturated/α-hetero) is 1. The lowest BCUT2D eigenvalue weighted by Crippen LogP contribution is -2.37. The van der Waals surface area contributed by atoms with Gasteiger partial charge in [-0.15, -0.1) is 0 Å². The summed E-state index contributed by atoms with van der Waals surface area (Å²) in [5.74, 6) is -3.18. The minimum absolute atomic E-state index is 0.0284. The van der Waals surface area contributed by atoms with Gasteiger partial charge < -0.3 is 15.0 Å². The van der Waals surface area contributed by atoms with E-state index in [2.05, 4.69) is 29.4 Å². The highest BCUT2D eigenvalue weighted by atomic mass is 19.4. The Morgan fingerprint density at radius 2 is 1.67 bits per heavy atom. The molecule has 1 aliphatic carbocycles. The number of hydrogen-bond acceptors (Lipinski definition) is 4. The predicted molar refractivity (Wildman–Crippen MR) is 178 cm³/mol. The molecule has 2 aromatic rings. The Bertz CT molecular complexity index is 1550. The number of hydrogen-bond donors (Lipinski definition) is 1. The summed E-state index contributed by atoms with van der Waals surface area (Å²) in [5, 5.41) is 4.83. The van der Waals surface area contributed by atoms with Crippen molar-refractivity contribution < 1.29 is 36.3 Å². The second-order valence-corrected chi connectivity index (χ2v) is 13.1. The number of rotatable bonds is 11. The van der Waals surface area contributed by atoms with Gasteiger partial charge in [-0.2, -0.15) is 22.0 Å². The molecule has 1 fully saturated rings. The molecule has 0 spiro atoms. The Labute approximate surface area is 279 Å². The van der Waals surface area contributed by atoms with E-state index in [9.17, 15) is 31.5 Å². The van der Waals surface area contributed by atoms with Gasteiger partial charge in [-0.3, -0.25) is 9.59 Å². The highest BCUT2D eigenvalue weighted by Crippen LogP contribution is 2.32. The van der Waals surface area contributed by atoms with E-state index < -0.39 is 24.3 Å². The number of halogens is 5. The normalized spacial score (nSPS) is 20.8. The van der Waals surface area contributed by atoms with E-state index in [1.165, 1.54) is 25.1 Å². The van der Waals surface area contributed by atoms with Gasteiger partial charge in [-0.1, -0.05) is 49.6 Å². The lowest BCUT2D eigenvalue weighted by atomic mass is 9.88. The highest BCUT2D eigenvalue weighted by molar-refractivity contribution is 5.98. The molecule has 5 nitrogen and oxygen atoms in total. The van der Waals surface area contributed by atoms with Crippen molar-refractivity contribution in [3.63, 3.8) is 0 Å². The number of allylic oxidation sites excluding steroid dienone is 1. The van der Waals surface area contributed by atoms with Crippen LogP contribution in [0.1, 0.15) is 97.1 Å². The van der Waals surface area contributed by atoms with Crippen molar-refractivity contribution in [2.45, 2.75) is 90.3 Å². The zero-order valence-corrected chi connectivity index (χ0v) is 28.1. The van der Waals surface area contributed by atoms with Gasteiger partial charge in [0.2, 0.25) is 0 Å². The maximum atomic E-state index is 13.6. The van der Waals surface area contributed by atoms with Crippen molar-refractivity contribution >= 4 is 24.0 Å². The number of benzene rings is 2. The van der Waals surface area contributed by atoms with Crippen molar-refractivity contribution in [3.05, 3.63) is 81.2 Å². The lowest BCUT2D eigenvalue weighted by molar-refractivity contribution is -0.137. The van der Waals surface area contributed by atoms with Crippen LogP contribution in [0.2, 0.25) is 0 Å². The average Bonchev–Trinajstić information content (AvgIpc) is 3.10. The maximum Gasteiger partial charge on any atom is 0.416 e. The fourth-order valence-electron chi connectivity index (χ4n) is 6.70. The first kappa shape index (κ1) is 37.3. The van der Waals surface area contributed by atoms with Crippen molar-refractivity contribution in [2.24, 2.45) is 11.8 Å². The van der Waals surface area contributed by atoms with Crippen LogP contribution in [0.3, 0.4) is 0 Å². The number of carbonyl (C=O) groups is 2. The molecule has 0 radical (unpaired) electrons. The molecule has 0 saturated heterocycles. The summed E-state index contributed by atoms with van der Waals surface area (Å²) in [4.78, 5) is 28.6. The Balaban J connectivity index is 1.38. The Hall–Kier alpha value is -3.53. The molecule has 1 amide bonds. The van der Waals surface area contributed by atoms with Crippen LogP contribution in [0.4, 0.5) is 22.0 Å². The SMILES string of the molecule is CC=CC(F)(F)COCCNC(=O)c1ccc2c(c1C)=CN(CC1CCCCC(C(=O)c3ccc(C(F)(F)F)cc3)CCC1)C(C)CC=2. The van der Waals surface area contributed by atoms with Crippen molar-refractivity contribution in [2.75, 3.05) is 26.3 Å². The fourth-order valence-corrected chi connectivity index (χ4v) is 6.70. The zero-order valence-electron chi connectivity index (χ0n) is 28.1. The van der Waals surface area contributed by atoms with Crippen LogP contribution in [-0.4, -0.2) is 54.9 Å². The van der Waals surface area contributed by atoms with Crippen LogP contribution in [0.5, 0.6) is 0 Å². The van der Waals surface area contributed by atoms with E-state index in [0.29, 0.717) is 23.5 Å². The first-order valence-corrected chi connectivity index (χ1v) is 17.0. The monoisotopic (exact) mass is 674 g/mol. The van der Waals surface area contributed by atoms with E-state index in [1.54, 1.807) is 6.07 Å². The van der Waals surface area contributed by atoms with Gasteiger partial charge in [-0.05, 0) is 93.9 Å². The molecule has 1 saturated carbocycles. The molecule has 10 heteroatoms. The molecular weight excluding hydrogens is 627 g/mol. The number of ketones is 1. The van der Waals surface area contributed by atoms with Crippen molar-refractivity contribution in [1.82, 2.24) is 10.2 Å². The van der Waals surface area contributed by atoms with Crippen LogP contribution >= 0.6 is 0 Å². The van der Waals surface area contributed by atoms with Gasteiger partial charge >= 0.3 is 6.18 Å². The van der Waals surface area contributed by atoms with Crippen LogP contribution in [-0.2, 0) is 10.9 Å². The van der Waals surface area contributed by atoms with E-state index in [1.807, 2.05) is 13.0 Å². The Morgan fingerprint density at radius 1 is 0.979 bits per heavy atom. The topological polar surface area (TPSA) is 58.6 Å². The van der Waals surface area contributed by atoms with Gasteiger partial charge in [0, 0.05) is 47.6 Å². The van der Waals surface area contributed by atoms with Gasteiger partial charge in [0.15, 0.2) is 5.78 Å². The van der Waals surface area contributed by atoms with Crippen LogP contribution in [0.15, 0.2) is 48.6 Å². The maximum absolute atomic E-state index is 13.6. The van der Waals surface area contributed by atoms with Gasteiger partial charge in [-0.25, -0.2) is 0 Å². The molecule has 1 N–H and O–H groups in total. The molecule has 0 bridgehead atoms. The first-order valence-electron chi connectivity index (χ1n) is 17.0. The molecule has 3 atom stereocenters. The Morgan fingerprint density at radius 3 is 2.38 bits per heavy atom. The highest BCUT2D eigenvalue weighted by Gasteiger charge is 2.31. The minimum Gasteiger partial charge on any atom is -0.374 e. The third-order valence-electron chi connectivity index (χ3n) is 9.49. The summed E-state index contributed by atoms with van der Waals surface area (Å²) in [6.45, 7) is 5.81. The number of carbonyl (C=O) groups excluding carboxylic acids is 2. The van der Waals surface area contributed by atoms with E-state index in [0.717, 1.165) is 85.7 Å². The second-order valence-electron chi connectivity index (χ2n) is 13.1. The fraction of sp³-hybridized carbons (Fsp3) is 0.526. The molecule has 4 rings (SSSR count). The molecule has 2 aromatic carbocycles. The smallest absolute Gasteiger partial charge is 0.374 e. The van der Waals surface area contributed by atoms with Gasteiger partial charge in [0.1, 0.15) is 6.61 Å².